The largest absolute Gasteiger partial charge is 0.496 e. The summed E-state index contributed by atoms with van der Waals surface area (Å²) in [5, 5.41) is 8.90. The van der Waals surface area contributed by atoms with E-state index < -0.39 is 0 Å². The lowest BCUT2D eigenvalue weighted by molar-refractivity contribution is 0.299. The molecular formula is C12H17BrO2. The summed E-state index contributed by atoms with van der Waals surface area (Å²) in [4.78, 5) is 0. The fraction of sp³-hybridized carbons (Fsp3) is 0.500. The summed E-state index contributed by atoms with van der Waals surface area (Å²) < 4.78 is 6.42. The van der Waals surface area contributed by atoms with Crippen molar-refractivity contribution >= 4 is 15.9 Å². The maximum atomic E-state index is 8.90. The van der Waals surface area contributed by atoms with Crippen LogP contribution in [0.4, 0.5) is 0 Å². The number of benzene rings is 1. The van der Waals surface area contributed by atoms with Crippen molar-refractivity contribution in [2.45, 2.75) is 26.2 Å². The van der Waals surface area contributed by atoms with Crippen LogP contribution in [0.15, 0.2) is 16.6 Å². The molecule has 1 aromatic carbocycles. The quantitative estimate of drug-likeness (QED) is 0.913. The first-order chi connectivity index (χ1) is 7.10. The van der Waals surface area contributed by atoms with Gasteiger partial charge in [0.2, 0.25) is 0 Å². The van der Waals surface area contributed by atoms with Crippen molar-refractivity contribution in [3.05, 3.63) is 27.7 Å². The van der Waals surface area contributed by atoms with E-state index in [1.807, 2.05) is 12.1 Å². The highest BCUT2D eigenvalue weighted by Gasteiger charge is 2.12. The molecule has 15 heavy (non-hydrogen) atoms. The first-order valence-corrected chi connectivity index (χ1v) is 5.86. The minimum atomic E-state index is 0.163. The number of aliphatic hydroxyl groups excluding tert-OH is 1. The normalized spacial score (nSPS) is 10.8. The van der Waals surface area contributed by atoms with E-state index >= 15 is 0 Å². The second kappa shape index (κ2) is 5.52. The minimum Gasteiger partial charge on any atom is -0.496 e. The SMILES string of the molecule is COc1cc(CCO)cc(Br)c1C(C)C. The van der Waals surface area contributed by atoms with Gasteiger partial charge in [0.25, 0.3) is 0 Å². The zero-order valence-electron chi connectivity index (χ0n) is 9.38. The summed E-state index contributed by atoms with van der Waals surface area (Å²) in [6.45, 7) is 4.43. The van der Waals surface area contributed by atoms with Crippen LogP contribution in [0.25, 0.3) is 0 Å². The van der Waals surface area contributed by atoms with Gasteiger partial charge >= 0.3 is 0 Å². The third-order valence-electron chi connectivity index (χ3n) is 2.35. The van der Waals surface area contributed by atoms with Gasteiger partial charge in [-0.15, -0.1) is 0 Å². The van der Waals surface area contributed by atoms with Crippen LogP contribution in [0.1, 0.15) is 30.9 Å². The van der Waals surface area contributed by atoms with Gasteiger partial charge in [-0.1, -0.05) is 29.8 Å². The number of hydrogen-bond acceptors (Lipinski definition) is 2. The summed E-state index contributed by atoms with van der Waals surface area (Å²) in [6.07, 6.45) is 0.660. The third-order valence-corrected chi connectivity index (χ3v) is 3.01. The molecule has 0 atom stereocenters. The Kier molecular flexibility index (Phi) is 4.61. The van der Waals surface area contributed by atoms with Gasteiger partial charge < -0.3 is 9.84 Å². The van der Waals surface area contributed by atoms with Gasteiger partial charge in [0.15, 0.2) is 0 Å². The Morgan fingerprint density at radius 1 is 1.40 bits per heavy atom. The first-order valence-electron chi connectivity index (χ1n) is 5.07. The zero-order chi connectivity index (χ0) is 11.4. The van der Waals surface area contributed by atoms with Gasteiger partial charge in [0.1, 0.15) is 5.75 Å². The molecule has 84 valence electrons. The molecule has 1 aromatic rings. The van der Waals surface area contributed by atoms with Crippen molar-refractivity contribution in [2.24, 2.45) is 0 Å². The summed E-state index contributed by atoms with van der Waals surface area (Å²) >= 11 is 3.55. The molecule has 0 fully saturated rings. The topological polar surface area (TPSA) is 29.5 Å². The molecule has 0 aliphatic heterocycles. The molecule has 0 radical (unpaired) electrons. The maximum Gasteiger partial charge on any atom is 0.123 e. The van der Waals surface area contributed by atoms with Crippen LogP contribution in [-0.4, -0.2) is 18.8 Å². The van der Waals surface area contributed by atoms with E-state index in [9.17, 15) is 0 Å². The van der Waals surface area contributed by atoms with Gasteiger partial charge in [-0.05, 0) is 30.0 Å². The van der Waals surface area contributed by atoms with Crippen LogP contribution in [0.2, 0.25) is 0 Å². The Hall–Kier alpha value is -0.540. The van der Waals surface area contributed by atoms with Gasteiger partial charge in [-0.3, -0.25) is 0 Å². The Bertz CT molecular complexity index is 335. The molecular weight excluding hydrogens is 256 g/mol. The predicted octanol–water partition coefficient (Wildman–Crippen LogP) is 3.12. The third kappa shape index (κ3) is 2.95. The van der Waals surface area contributed by atoms with E-state index in [-0.39, 0.29) is 6.61 Å². The number of aliphatic hydroxyl groups is 1. The second-order valence-corrected chi connectivity index (χ2v) is 4.68. The van der Waals surface area contributed by atoms with E-state index in [1.165, 1.54) is 5.56 Å². The molecule has 2 nitrogen and oxygen atoms in total. The Labute approximate surface area is 99.4 Å². The predicted molar refractivity (Wildman–Crippen MR) is 65.6 cm³/mol. The van der Waals surface area contributed by atoms with Crippen molar-refractivity contribution in [2.75, 3.05) is 13.7 Å². The van der Waals surface area contributed by atoms with Crippen LogP contribution in [0.5, 0.6) is 5.75 Å². The van der Waals surface area contributed by atoms with Crippen molar-refractivity contribution in [1.82, 2.24) is 0 Å². The molecule has 0 aliphatic rings. The Balaban J connectivity index is 3.18. The van der Waals surface area contributed by atoms with Crippen molar-refractivity contribution in [3.8, 4) is 5.75 Å². The summed E-state index contributed by atoms with van der Waals surface area (Å²) in [5.41, 5.74) is 2.27. The molecule has 0 saturated heterocycles. The number of rotatable bonds is 4. The average molecular weight is 273 g/mol. The highest BCUT2D eigenvalue weighted by molar-refractivity contribution is 9.10. The van der Waals surface area contributed by atoms with Crippen LogP contribution < -0.4 is 4.74 Å². The highest BCUT2D eigenvalue weighted by atomic mass is 79.9. The fourth-order valence-electron chi connectivity index (χ4n) is 1.65. The molecule has 0 saturated carbocycles. The van der Waals surface area contributed by atoms with Gasteiger partial charge in [0, 0.05) is 16.6 Å². The van der Waals surface area contributed by atoms with Crippen molar-refractivity contribution in [3.63, 3.8) is 0 Å². The smallest absolute Gasteiger partial charge is 0.123 e. The van der Waals surface area contributed by atoms with Gasteiger partial charge in [-0.2, -0.15) is 0 Å². The number of hydrogen-bond donors (Lipinski definition) is 1. The minimum absolute atomic E-state index is 0.163. The average Bonchev–Trinajstić information content (AvgIpc) is 2.16. The molecule has 0 bridgehead atoms. The summed E-state index contributed by atoms with van der Waals surface area (Å²) in [5.74, 6) is 1.31. The monoisotopic (exact) mass is 272 g/mol. The van der Waals surface area contributed by atoms with E-state index in [0.717, 1.165) is 15.8 Å². The van der Waals surface area contributed by atoms with Crippen LogP contribution in [-0.2, 0) is 6.42 Å². The highest BCUT2D eigenvalue weighted by Crippen LogP contribution is 2.34. The molecule has 3 heteroatoms. The Morgan fingerprint density at radius 2 is 2.07 bits per heavy atom. The van der Waals surface area contributed by atoms with E-state index in [1.54, 1.807) is 7.11 Å². The molecule has 0 aromatic heterocycles. The van der Waals surface area contributed by atoms with Crippen molar-refractivity contribution in [1.29, 1.82) is 0 Å². The summed E-state index contributed by atoms with van der Waals surface area (Å²) in [6, 6.07) is 4.05. The molecule has 0 unspecified atom stereocenters. The maximum absolute atomic E-state index is 8.90. The standard InChI is InChI=1S/C12H17BrO2/c1-8(2)12-10(13)6-9(4-5-14)7-11(12)15-3/h6-8,14H,4-5H2,1-3H3. The van der Waals surface area contributed by atoms with E-state index in [0.29, 0.717) is 12.3 Å². The number of ether oxygens (including phenoxy) is 1. The molecule has 0 aliphatic carbocycles. The number of halogens is 1. The fourth-order valence-corrected chi connectivity index (χ4v) is 2.60. The molecule has 0 spiro atoms. The van der Waals surface area contributed by atoms with Crippen LogP contribution in [0, 0.1) is 0 Å². The van der Waals surface area contributed by atoms with Gasteiger partial charge in [0.05, 0.1) is 7.11 Å². The molecule has 0 heterocycles. The molecule has 1 rings (SSSR count). The van der Waals surface area contributed by atoms with Gasteiger partial charge in [-0.25, -0.2) is 0 Å². The van der Waals surface area contributed by atoms with E-state index in [4.69, 9.17) is 9.84 Å². The lowest BCUT2D eigenvalue weighted by Gasteiger charge is -2.15. The molecule has 1 N–H and O–H groups in total. The van der Waals surface area contributed by atoms with Crippen molar-refractivity contribution < 1.29 is 9.84 Å². The summed E-state index contributed by atoms with van der Waals surface area (Å²) in [7, 11) is 1.68. The van der Waals surface area contributed by atoms with Crippen LogP contribution in [0.3, 0.4) is 0 Å². The number of methoxy groups -OCH3 is 1. The first kappa shape index (κ1) is 12.5. The van der Waals surface area contributed by atoms with E-state index in [2.05, 4.69) is 29.8 Å². The van der Waals surface area contributed by atoms with Crippen LogP contribution >= 0.6 is 15.9 Å². The second-order valence-electron chi connectivity index (χ2n) is 3.82. The zero-order valence-corrected chi connectivity index (χ0v) is 11.0. The Morgan fingerprint density at radius 3 is 2.53 bits per heavy atom. The molecule has 0 amide bonds. The lowest BCUT2D eigenvalue weighted by atomic mass is 9.99. The lowest BCUT2D eigenvalue weighted by Crippen LogP contribution is -1.99.